The van der Waals surface area contributed by atoms with Gasteiger partial charge in [-0.2, -0.15) is 0 Å². The number of rotatable bonds is 14. The molecular formula is C35H40N8O. The minimum absolute atomic E-state index is 0.358. The van der Waals surface area contributed by atoms with Gasteiger partial charge >= 0.3 is 0 Å². The van der Waals surface area contributed by atoms with Crippen molar-refractivity contribution < 1.29 is 4.74 Å². The van der Waals surface area contributed by atoms with Crippen LogP contribution in [0.2, 0.25) is 0 Å². The standard InChI is InChI=1S/C35H40N8O/c1-5-30-32(38-14-17-42(4)15-9-12-27-10-7-6-8-11-27)18-25(2)41-33(30)19-26(3)44-23-28-20-29(22-37-21-28)43-16-13-31-34(36)39-24-40-35(31)43/h5-8,10-11,13,16,18-22,24H,1,9,12,14-15,17,23H2,2-4H3,(H,38,41)(H2,36,39,40)/b26-19+. The number of nitrogens with one attached hydrogen (secondary N) is 1. The number of hydrogen-bond donors (Lipinski definition) is 2. The average molecular weight is 589 g/mol. The maximum atomic E-state index is 6.14. The van der Waals surface area contributed by atoms with Crippen molar-refractivity contribution in [3.05, 3.63) is 114 Å². The minimum Gasteiger partial charge on any atom is -0.493 e. The molecule has 0 bridgehead atoms. The number of nitrogens with zero attached hydrogens (tertiary/aromatic N) is 6. The van der Waals surface area contributed by atoms with E-state index in [0.29, 0.717) is 12.4 Å². The molecule has 226 valence electrons. The molecule has 0 saturated heterocycles. The summed E-state index contributed by atoms with van der Waals surface area (Å²) in [6.07, 6.45) is 13.0. The number of allylic oxidation sites excluding steroid dienone is 1. The number of hydrogen-bond acceptors (Lipinski definition) is 8. The SMILES string of the molecule is C=Cc1c(NCCN(C)CCCc2ccccc2)cc(C)nc1/C=C(\C)OCc1cncc(-n2ccc3c(N)ncnc32)c1. The van der Waals surface area contributed by atoms with E-state index < -0.39 is 0 Å². The van der Waals surface area contributed by atoms with Crippen LogP contribution in [0, 0.1) is 6.92 Å². The zero-order chi connectivity index (χ0) is 30.9. The summed E-state index contributed by atoms with van der Waals surface area (Å²) >= 11 is 0. The number of pyridine rings is 2. The largest absolute Gasteiger partial charge is 0.493 e. The maximum Gasteiger partial charge on any atom is 0.150 e. The maximum absolute atomic E-state index is 6.14. The lowest BCUT2D eigenvalue weighted by molar-refractivity contribution is 0.203. The first-order valence-electron chi connectivity index (χ1n) is 14.8. The zero-order valence-electron chi connectivity index (χ0n) is 25.7. The van der Waals surface area contributed by atoms with Gasteiger partial charge in [-0.25, -0.2) is 9.97 Å². The molecule has 9 heteroatoms. The topological polar surface area (TPSA) is 107 Å². The molecule has 44 heavy (non-hydrogen) atoms. The summed E-state index contributed by atoms with van der Waals surface area (Å²) in [4.78, 5) is 20.0. The molecule has 4 aromatic heterocycles. The predicted octanol–water partition coefficient (Wildman–Crippen LogP) is 6.30. The van der Waals surface area contributed by atoms with Gasteiger partial charge < -0.3 is 20.7 Å². The number of anilines is 2. The highest BCUT2D eigenvalue weighted by Gasteiger charge is 2.11. The third-order valence-corrected chi connectivity index (χ3v) is 7.45. The Morgan fingerprint density at radius 2 is 1.93 bits per heavy atom. The van der Waals surface area contributed by atoms with Gasteiger partial charge in [-0.1, -0.05) is 43.0 Å². The quantitative estimate of drug-likeness (QED) is 0.146. The zero-order valence-corrected chi connectivity index (χ0v) is 25.7. The molecule has 9 nitrogen and oxygen atoms in total. The van der Waals surface area contributed by atoms with Gasteiger partial charge in [0.25, 0.3) is 0 Å². The van der Waals surface area contributed by atoms with Crippen LogP contribution >= 0.6 is 0 Å². The van der Waals surface area contributed by atoms with E-state index in [9.17, 15) is 0 Å². The fourth-order valence-corrected chi connectivity index (χ4v) is 5.16. The molecule has 5 rings (SSSR count). The van der Waals surface area contributed by atoms with Gasteiger partial charge in [-0.3, -0.25) is 14.5 Å². The smallest absolute Gasteiger partial charge is 0.150 e. The molecule has 0 aliphatic rings. The summed E-state index contributed by atoms with van der Waals surface area (Å²) in [5.41, 5.74) is 13.6. The number of aryl methyl sites for hydroxylation is 2. The van der Waals surface area contributed by atoms with E-state index in [1.165, 1.54) is 11.9 Å². The van der Waals surface area contributed by atoms with Gasteiger partial charge in [-0.05, 0) is 64.0 Å². The molecule has 3 N–H and O–H groups in total. The lowest BCUT2D eigenvalue weighted by Crippen LogP contribution is -2.26. The Bertz CT molecular complexity index is 1750. The van der Waals surface area contributed by atoms with Crippen molar-refractivity contribution in [3.8, 4) is 5.69 Å². The fourth-order valence-electron chi connectivity index (χ4n) is 5.16. The monoisotopic (exact) mass is 588 g/mol. The molecule has 0 aliphatic carbocycles. The van der Waals surface area contributed by atoms with Crippen LogP contribution in [0.4, 0.5) is 11.5 Å². The molecule has 0 aliphatic heterocycles. The molecule has 4 heterocycles. The lowest BCUT2D eigenvalue weighted by Gasteiger charge is -2.19. The molecule has 0 saturated carbocycles. The molecule has 5 aromatic rings. The van der Waals surface area contributed by atoms with Gasteiger partial charge in [0.15, 0.2) is 0 Å². The van der Waals surface area contributed by atoms with E-state index in [2.05, 4.69) is 75.2 Å². The highest BCUT2D eigenvalue weighted by atomic mass is 16.5. The van der Waals surface area contributed by atoms with Crippen molar-refractivity contribution >= 4 is 34.7 Å². The Hall–Kier alpha value is -5.02. The van der Waals surface area contributed by atoms with Crippen LogP contribution in [-0.2, 0) is 17.8 Å². The Kier molecular flexibility index (Phi) is 9.99. The molecule has 0 spiro atoms. The van der Waals surface area contributed by atoms with Crippen LogP contribution in [0.15, 0.2) is 85.8 Å². The van der Waals surface area contributed by atoms with Crippen LogP contribution in [0.3, 0.4) is 0 Å². The third kappa shape index (κ3) is 7.67. The second kappa shape index (κ2) is 14.4. The molecular weight excluding hydrogens is 548 g/mol. The normalized spacial score (nSPS) is 11.7. The number of fused-ring (bicyclic) bond motifs is 1. The van der Waals surface area contributed by atoms with Gasteiger partial charge in [0, 0.05) is 54.1 Å². The Morgan fingerprint density at radius 3 is 2.75 bits per heavy atom. The predicted molar refractivity (Wildman–Crippen MR) is 179 cm³/mol. The van der Waals surface area contributed by atoms with Gasteiger partial charge in [0.2, 0.25) is 0 Å². The second-order valence-corrected chi connectivity index (χ2v) is 10.9. The first-order valence-corrected chi connectivity index (χ1v) is 14.8. The van der Waals surface area contributed by atoms with Crippen LogP contribution in [0.1, 0.15) is 41.4 Å². The van der Waals surface area contributed by atoms with Crippen molar-refractivity contribution in [2.24, 2.45) is 0 Å². The van der Waals surface area contributed by atoms with E-state index in [-0.39, 0.29) is 0 Å². The number of ether oxygens (including phenoxy) is 1. The van der Waals surface area contributed by atoms with Crippen LogP contribution < -0.4 is 11.1 Å². The van der Waals surface area contributed by atoms with E-state index in [1.54, 1.807) is 12.4 Å². The molecule has 0 amide bonds. The minimum atomic E-state index is 0.358. The summed E-state index contributed by atoms with van der Waals surface area (Å²) in [5, 5.41) is 4.40. The van der Waals surface area contributed by atoms with Crippen LogP contribution in [0.5, 0.6) is 0 Å². The Balaban J connectivity index is 1.19. The average Bonchev–Trinajstić information content (AvgIpc) is 3.46. The molecule has 0 radical (unpaired) electrons. The van der Waals surface area contributed by atoms with E-state index in [1.807, 2.05) is 48.9 Å². The van der Waals surface area contributed by atoms with E-state index in [0.717, 1.165) is 83.2 Å². The van der Waals surface area contributed by atoms with Crippen LogP contribution in [0.25, 0.3) is 28.9 Å². The molecule has 0 unspecified atom stereocenters. The van der Waals surface area contributed by atoms with Crippen molar-refractivity contribution in [2.75, 3.05) is 37.7 Å². The van der Waals surface area contributed by atoms with Crippen molar-refractivity contribution in [2.45, 2.75) is 33.3 Å². The first kappa shape index (κ1) is 30.4. The lowest BCUT2D eigenvalue weighted by atomic mass is 10.1. The summed E-state index contributed by atoms with van der Waals surface area (Å²) in [7, 11) is 2.17. The number of nitrogens with two attached hydrogens (primary N) is 1. The number of nitrogen functional groups attached to an aromatic ring is 1. The molecule has 0 atom stereocenters. The van der Waals surface area contributed by atoms with Gasteiger partial charge in [-0.15, -0.1) is 0 Å². The van der Waals surface area contributed by atoms with Crippen molar-refractivity contribution in [3.63, 3.8) is 0 Å². The summed E-state index contributed by atoms with van der Waals surface area (Å²) in [6, 6.07) is 16.7. The van der Waals surface area contributed by atoms with E-state index in [4.69, 9.17) is 15.5 Å². The van der Waals surface area contributed by atoms with Crippen molar-refractivity contribution in [1.29, 1.82) is 0 Å². The summed E-state index contributed by atoms with van der Waals surface area (Å²) < 4.78 is 8.08. The summed E-state index contributed by atoms with van der Waals surface area (Å²) in [5.74, 6) is 1.19. The highest BCUT2D eigenvalue weighted by Crippen LogP contribution is 2.25. The number of likely N-dealkylation sites (N-methyl/N-ethyl adjacent to an activating group) is 1. The van der Waals surface area contributed by atoms with E-state index >= 15 is 0 Å². The van der Waals surface area contributed by atoms with Gasteiger partial charge in [0.1, 0.15) is 24.4 Å². The molecule has 0 fully saturated rings. The van der Waals surface area contributed by atoms with Crippen LogP contribution in [-0.4, -0.2) is 56.1 Å². The first-order chi connectivity index (χ1) is 21.4. The summed E-state index contributed by atoms with van der Waals surface area (Å²) in [6.45, 7) is 11.2. The van der Waals surface area contributed by atoms with Gasteiger partial charge in [0.05, 0.1) is 28.7 Å². The Labute approximate surface area is 259 Å². The molecule has 1 aromatic carbocycles. The Morgan fingerprint density at radius 1 is 1.09 bits per heavy atom. The third-order valence-electron chi connectivity index (χ3n) is 7.45. The number of benzene rings is 1. The number of aromatic nitrogens is 5. The van der Waals surface area contributed by atoms with Crippen molar-refractivity contribution in [1.82, 2.24) is 29.4 Å². The fraction of sp³-hybridized carbons (Fsp3) is 0.257. The second-order valence-electron chi connectivity index (χ2n) is 10.9. The highest BCUT2D eigenvalue weighted by molar-refractivity contribution is 5.87.